The van der Waals surface area contributed by atoms with Crippen molar-refractivity contribution < 1.29 is 19.0 Å². The highest BCUT2D eigenvalue weighted by Gasteiger charge is 2.32. The molecule has 8 heteroatoms. The van der Waals surface area contributed by atoms with E-state index in [2.05, 4.69) is 10.3 Å². The zero-order valence-electron chi connectivity index (χ0n) is 15.1. The molecule has 1 aromatic carbocycles. The molecule has 0 radical (unpaired) electrons. The molecule has 0 bridgehead atoms. The van der Waals surface area contributed by atoms with Gasteiger partial charge >= 0.3 is 0 Å². The van der Waals surface area contributed by atoms with Crippen molar-refractivity contribution in [3.8, 4) is 10.9 Å². The van der Waals surface area contributed by atoms with E-state index in [0.717, 1.165) is 23.1 Å². The first-order valence-electron chi connectivity index (χ1n) is 8.73. The van der Waals surface area contributed by atoms with Crippen LogP contribution in [-0.4, -0.2) is 42.4 Å². The molecular formula is C18H23ClN2O4S. The first-order valence-corrected chi connectivity index (χ1v) is 9.93. The minimum Gasteiger partial charge on any atom is -0.489 e. The maximum atomic E-state index is 11.0. The van der Waals surface area contributed by atoms with Crippen LogP contribution >= 0.6 is 22.9 Å². The second kappa shape index (κ2) is 8.41. The highest BCUT2D eigenvalue weighted by atomic mass is 35.5. The van der Waals surface area contributed by atoms with Gasteiger partial charge in [-0.1, -0.05) is 22.9 Å². The maximum absolute atomic E-state index is 11.0. The van der Waals surface area contributed by atoms with Crippen LogP contribution < -0.4 is 14.8 Å². The summed E-state index contributed by atoms with van der Waals surface area (Å²) in [4.78, 5) is 15.4. The first-order chi connectivity index (χ1) is 12.5. The molecule has 1 atom stereocenters. The molecule has 142 valence electrons. The van der Waals surface area contributed by atoms with E-state index in [4.69, 9.17) is 25.8 Å². The number of carbonyl (C=O) groups excluding carboxylic acids is 1. The van der Waals surface area contributed by atoms with E-state index in [-0.39, 0.29) is 24.2 Å². The van der Waals surface area contributed by atoms with E-state index >= 15 is 0 Å². The number of amides is 1. The van der Waals surface area contributed by atoms with E-state index < -0.39 is 0 Å². The summed E-state index contributed by atoms with van der Waals surface area (Å²) < 4.78 is 18.1. The van der Waals surface area contributed by atoms with Gasteiger partial charge in [-0.15, -0.1) is 0 Å². The molecule has 0 unspecified atom stereocenters. The summed E-state index contributed by atoms with van der Waals surface area (Å²) >= 11 is 7.91. The summed E-state index contributed by atoms with van der Waals surface area (Å²) in [5, 5.41) is 4.00. The van der Waals surface area contributed by atoms with Crippen LogP contribution in [0.3, 0.4) is 0 Å². The third kappa shape index (κ3) is 4.58. The van der Waals surface area contributed by atoms with Gasteiger partial charge < -0.3 is 19.5 Å². The molecule has 1 aliphatic carbocycles. The van der Waals surface area contributed by atoms with Crippen molar-refractivity contribution >= 4 is 39.1 Å². The number of ether oxygens (including phenoxy) is 3. The van der Waals surface area contributed by atoms with Crippen LogP contribution in [0, 0.1) is 0 Å². The summed E-state index contributed by atoms with van der Waals surface area (Å²) in [7, 11) is 0. The van der Waals surface area contributed by atoms with Gasteiger partial charge in [0.25, 0.3) is 5.19 Å². The minimum atomic E-state index is -0.0449. The Hall–Kier alpha value is -1.57. The van der Waals surface area contributed by atoms with Crippen LogP contribution in [0.4, 0.5) is 0 Å². The number of fused-ring (bicyclic) bond motifs is 1. The van der Waals surface area contributed by atoms with Crippen molar-refractivity contribution in [3.63, 3.8) is 0 Å². The number of carbonyl (C=O) groups is 1. The third-order valence-corrected chi connectivity index (χ3v) is 5.58. The Bertz CT molecular complexity index is 776. The van der Waals surface area contributed by atoms with Crippen molar-refractivity contribution in [3.05, 3.63) is 17.2 Å². The van der Waals surface area contributed by atoms with Gasteiger partial charge in [0.2, 0.25) is 5.91 Å². The molecule has 2 aromatic rings. The topological polar surface area (TPSA) is 69.7 Å². The predicted molar refractivity (Wildman–Crippen MR) is 102 cm³/mol. The first kappa shape index (κ1) is 19.2. The predicted octanol–water partition coefficient (Wildman–Crippen LogP) is 3.80. The van der Waals surface area contributed by atoms with Crippen LogP contribution in [0.2, 0.25) is 5.02 Å². The number of nitrogens with zero attached hydrogens (tertiary/aromatic N) is 1. The Labute approximate surface area is 161 Å². The molecule has 6 nitrogen and oxygen atoms in total. The summed E-state index contributed by atoms with van der Waals surface area (Å²) in [5.74, 6) is 0.623. The zero-order valence-corrected chi connectivity index (χ0v) is 16.7. The average Bonchev–Trinajstić information content (AvgIpc) is 2.94. The van der Waals surface area contributed by atoms with Gasteiger partial charge in [0.1, 0.15) is 16.9 Å². The quantitative estimate of drug-likeness (QED) is 0.732. The Kier molecular flexibility index (Phi) is 6.21. The minimum absolute atomic E-state index is 0.00943. The molecule has 1 aliphatic rings. The lowest BCUT2D eigenvalue weighted by atomic mass is 9.92. The molecule has 1 aromatic heterocycles. The maximum Gasteiger partial charge on any atom is 0.274 e. The molecule has 0 saturated heterocycles. The van der Waals surface area contributed by atoms with Crippen LogP contribution in [0.15, 0.2) is 12.1 Å². The monoisotopic (exact) mass is 398 g/mol. The number of hydrogen-bond acceptors (Lipinski definition) is 6. The average molecular weight is 399 g/mol. The van der Waals surface area contributed by atoms with Crippen LogP contribution in [0.25, 0.3) is 10.2 Å². The molecule has 0 aliphatic heterocycles. The fourth-order valence-corrected chi connectivity index (χ4v) is 4.02. The fourth-order valence-electron chi connectivity index (χ4n) is 2.80. The number of nitrogens with one attached hydrogen (secondary N) is 1. The van der Waals surface area contributed by atoms with E-state index in [1.807, 2.05) is 26.0 Å². The lowest BCUT2D eigenvalue weighted by Crippen LogP contribution is -2.42. The van der Waals surface area contributed by atoms with Crippen LogP contribution in [0.5, 0.6) is 10.9 Å². The van der Waals surface area contributed by atoms with E-state index in [9.17, 15) is 4.79 Å². The largest absolute Gasteiger partial charge is 0.489 e. The fraction of sp³-hybridized carbons (Fsp3) is 0.556. The van der Waals surface area contributed by atoms with E-state index in [1.54, 1.807) is 0 Å². The summed E-state index contributed by atoms with van der Waals surface area (Å²) in [5.41, 5.74) is 0.817. The van der Waals surface area contributed by atoms with Crippen molar-refractivity contribution in [2.45, 2.75) is 51.9 Å². The van der Waals surface area contributed by atoms with Crippen molar-refractivity contribution in [2.24, 2.45) is 0 Å². The summed E-state index contributed by atoms with van der Waals surface area (Å²) in [6, 6.07) is 3.76. The molecular weight excluding hydrogens is 376 g/mol. The standard InChI is InChI=1S/C18H23ClN2O4S/c1-4-23-18-21-14-5-6-15(16(19)17(14)26-18)25-13-7-12(8-13)24-9-10(2)20-11(3)22/h5-6,10,12-13H,4,7-9H2,1-3H3,(H,20,22)/t10-,12-,13-/m0/s1. The highest BCUT2D eigenvalue weighted by molar-refractivity contribution is 7.20. The number of thiazole rings is 1. The SMILES string of the molecule is CCOc1nc2ccc(O[C@H]3C[C@H](OC[C@H](C)NC(C)=O)C3)c(Cl)c2s1. The number of rotatable bonds is 8. The van der Waals surface area contributed by atoms with Gasteiger partial charge in [-0.25, -0.2) is 4.98 Å². The Morgan fingerprint density at radius 2 is 2.19 bits per heavy atom. The second-order valence-corrected chi connectivity index (χ2v) is 7.75. The highest BCUT2D eigenvalue weighted by Crippen LogP contribution is 2.40. The summed E-state index contributed by atoms with van der Waals surface area (Å²) in [6.45, 7) is 6.43. The molecule has 1 saturated carbocycles. The van der Waals surface area contributed by atoms with E-state index in [1.165, 1.54) is 18.3 Å². The Balaban J connectivity index is 1.51. The lowest BCUT2D eigenvalue weighted by Gasteiger charge is -2.36. The number of halogens is 1. The van der Waals surface area contributed by atoms with Gasteiger partial charge in [-0.3, -0.25) is 4.79 Å². The normalized spacial score (nSPS) is 20.5. The van der Waals surface area contributed by atoms with Gasteiger partial charge in [0, 0.05) is 25.8 Å². The number of benzene rings is 1. The van der Waals surface area contributed by atoms with Crippen molar-refractivity contribution in [2.75, 3.05) is 13.2 Å². The third-order valence-electron chi connectivity index (χ3n) is 4.09. The molecule has 1 amide bonds. The van der Waals surface area contributed by atoms with Gasteiger partial charge in [0.05, 0.1) is 29.5 Å². The molecule has 1 N–H and O–H groups in total. The van der Waals surface area contributed by atoms with Gasteiger partial charge in [-0.2, -0.15) is 0 Å². The van der Waals surface area contributed by atoms with Crippen molar-refractivity contribution in [1.29, 1.82) is 0 Å². The molecule has 1 heterocycles. The second-order valence-electron chi connectivity index (χ2n) is 6.41. The molecule has 3 rings (SSSR count). The Morgan fingerprint density at radius 3 is 2.88 bits per heavy atom. The molecule has 26 heavy (non-hydrogen) atoms. The molecule has 0 spiro atoms. The van der Waals surface area contributed by atoms with Crippen LogP contribution in [0.1, 0.15) is 33.6 Å². The summed E-state index contributed by atoms with van der Waals surface area (Å²) in [6.07, 6.45) is 1.87. The number of aromatic nitrogens is 1. The van der Waals surface area contributed by atoms with E-state index in [0.29, 0.717) is 29.2 Å². The van der Waals surface area contributed by atoms with Gasteiger partial charge in [0.15, 0.2) is 0 Å². The smallest absolute Gasteiger partial charge is 0.274 e. The lowest BCUT2D eigenvalue weighted by molar-refractivity contribution is -0.120. The number of hydrogen-bond donors (Lipinski definition) is 1. The zero-order chi connectivity index (χ0) is 18.7. The van der Waals surface area contributed by atoms with Gasteiger partial charge in [-0.05, 0) is 26.0 Å². The molecule has 1 fully saturated rings. The van der Waals surface area contributed by atoms with Crippen molar-refractivity contribution in [1.82, 2.24) is 10.3 Å². The Morgan fingerprint density at radius 1 is 1.42 bits per heavy atom. The van der Waals surface area contributed by atoms with Crippen LogP contribution in [-0.2, 0) is 9.53 Å².